The van der Waals surface area contributed by atoms with Gasteiger partial charge in [0.15, 0.2) is 0 Å². The van der Waals surface area contributed by atoms with Crippen molar-refractivity contribution in [2.24, 2.45) is 56.7 Å². The topological polar surface area (TPSA) is 46.5 Å². The fourth-order valence-electron chi connectivity index (χ4n) is 11.8. The summed E-state index contributed by atoms with van der Waals surface area (Å²) in [6, 6.07) is 0. The molecular weight excluding hydrogens is 432 g/mol. The van der Waals surface area contributed by atoms with Crippen LogP contribution in [0.2, 0.25) is 0 Å². The number of hydrogen-bond acceptors (Lipinski definition) is 3. The molecule has 4 fully saturated rings. The lowest BCUT2D eigenvalue weighted by Gasteiger charge is -2.74. The quantitative estimate of drug-likeness (QED) is 0.308. The Kier molecular flexibility index (Phi) is 5.78. The molecule has 11 atom stereocenters. The molecule has 3 heteroatoms. The molecule has 5 aliphatic carbocycles. The van der Waals surface area contributed by atoms with Gasteiger partial charge in [-0.2, -0.15) is 0 Å². The molecule has 0 aromatic heterocycles. The van der Waals surface area contributed by atoms with Crippen LogP contribution in [0.1, 0.15) is 114 Å². The summed E-state index contributed by atoms with van der Waals surface area (Å²) < 4.78 is 5.85. The van der Waals surface area contributed by atoms with Crippen LogP contribution in [0.5, 0.6) is 0 Å². The van der Waals surface area contributed by atoms with Crippen molar-refractivity contribution in [3.63, 3.8) is 0 Å². The van der Waals surface area contributed by atoms with Gasteiger partial charge in [-0.15, -0.1) is 0 Å². The number of ether oxygens (including phenoxy) is 1. The van der Waals surface area contributed by atoms with E-state index in [4.69, 9.17) is 4.74 Å². The van der Waals surface area contributed by atoms with Crippen LogP contribution in [-0.4, -0.2) is 23.3 Å². The molecule has 0 aliphatic heterocycles. The summed E-state index contributed by atoms with van der Waals surface area (Å²) in [5, 5.41) is 12.0. The molecule has 5 aliphatic rings. The number of aliphatic hydroxyl groups excluding tert-OH is 1. The Bertz CT molecular complexity index is 920. The van der Waals surface area contributed by atoms with Crippen LogP contribution in [0.4, 0.5) is 0 Å². The minimum absolute atomic E-state index is 0.0787. The number of carbonyl (C=O) groups excluding carboxylic acids is 1. The zero-order valence-corrected chi connectivity index (χ0v) is 24.0. The van der Waals surface area contributed by atoms with Crippen LogP contribution < -0.4 is 0 Å². The van der Waals surface area contributed by atoms with Crippen molar-refractivity contribution < 1.29 is 14.6 Å². The van der Waals surface area contributed by atoms with Crippen LogP contribution in [0.15, 0.2) is 11.6 Å². The maximum absolute atomic E-state index is 12.0. The molecule has 0 heterocycles. The van der Waals surface area contributed by atoms with Crippen molar-refractivity contribution in [3.05, 3.63) is 11.6 Å². The third-order valence-electron chi connectivity index (χ3n) is 13.7. The van der Waals surface area contributed by atoms with E-state index in [1.807, 2.05) is 0 Å². The lowest BCUT2D eigenvalue weighted by molar-refractivity contribution is -0.278. The zero-order chi connectivity index (χ0) is 25.8. The maximum Gasteiger partial charge on any atom is 0.302 e. The summed E-state index contributed by atoms with van der Waals surface area (Å²) in [6.45, 7) is 21.2. The van der Waals surface area contributed by atoms with Crippen LogP contribution in [0.25, 0.3) is 0 Å². The largest absolute Gasteiger partial charge is 0.462 e. The summed E-state index contributed by atoms with van der Waals surface area (Å²) in [5.74, 6) is 2.74. The maximum atomic E-state index is 12.0. The molecule has 0 spiro atoms. The van der Waals surface area contributed by atoms with E-state index in [1.165, 1.54) is 39.0 Å². The first kappa shape index (κ1) is 25.8. The van der Waals surface area contributed by atoms with Crippen LogP contribution >= 0.6 is 0 Å². The van der Waals surface area contributed by atoms with Gasteiger partial charge >= 0.3 is 5.97 Å². The van der Waals surface area contributed by atoms with Crippen molar-refractivity contribution in [2.45, 2.75) is 126 Å². The summed E-state index contributed by atoms with van der Waals surface area (Å²) in [6.07, 6.45) is 11.4. The highest BCUT2D eigenvalue weighted by atomic mass is 16.5. The van der Waals surface area contributed by atoms with Gasteiger partial charge in [0.25, 0.3) is 0 Å². The first-order valence-electron chi connectivity index (χ1n) is 14.6. The van der Waals surface area contributed by atoms with Gasteiger partial charge in [-0.1, -0.05) is 60.1 Å². The van der Waals surface area contributed by atoms with Crippen LogP contribution in [0, 0.1) is 56.7 Å². The number of carbonyl (C=O) groups is 1. The van der Waals surface area contributed by atoms with E-state index in [9.17, 15) is 9.90 Å². The number of rotatable bonds is 1. The third-order valence-corrected chi connectivity index (χ3v) is 13.7. The van der Waals surface area contributed by atoms with Crippen LogP contribution in [-0.2, 0) is 9.53 Å². The van der Waals surface area contributed by atoms with Gasteiger partial charge in [-0.05, 0) is 110 Å². The molecule has 1 N–H and O–H groups in total. The van der Waals surface area contributed by atoms with Gasteiger partial charge in [0.05, 0.1) is 6.10 Å². The summed E-state index contributed by atoms with van der Waals surface area (Å²) >= 11 is 0. The van der Waals surface area contributed by atoms with E-state index in [1.54, 1.807) is 5.57 Å². The van der Waals surface area contributed by atoms with Gasteiger partial charge in [-0.25, -0.2) is 0 Å². The van der Waals surface area contributed by atoms with Crippen LogP contribution in [0.3, 0.4) is 0 Å². The smallest absolute Gasteiger partial charge is 0.302 e. The minimum Gasteiger partial charge on any atom is -0.462 e. The molecular formula is C32H52O3. The second-order valence-corrected chi connectivity index (χ2v) is 15.4. The SMILES string of the molecule is CC(=O)O[C@H]1CC[C@@]2(C)C([C@H](O)C[C@]3(C)[C@@H]2CC[C@@H]2[C@H]4[C@H](C)C(C)=CC[C@]4(C)CC[C@]23C)C1(C)C. The first-order valence-corrected chi connectivity index (χ1v) is 14.6. The number of allylic oxidation sites excluding steroid dienone is 2. The molecule has 0 saturated heterocycles. The molecule has 5 rings (SSSR count). The Labute approximate surface area is 214 Å². The lowest BCUT2D eigenvalue weighted by atomic mass is 9.31. The first-order chi connectivity index (χ1) is 16.1. The number of aliphatic hydroxyl groups is 1. The number of hydrogen-bond donors (Lipinski definition) is 1. The summed E-state index contributed by atoms with van der Waals surface area (Å²) in [7, 11) is 0. The fourth-order valence-corrected chi connectivity index (χ4v) is 11.8. The highest BCUT2D eigenvalue weighted by molar-refractivity contribution is 5.66. The van der Waals surface area contributed by atoms with Crippen molar-refractivity contribution in [1.82, 2.24) is 0 Å². The second-order valence-electron chi connectivity index (χ2n) is 15.4. The minimum atomic E-state index is -0.344. The Balaban J connectivity index is 1.54. The highest BCUT2D eigenvalue weighted by Gasteiger charge is 2.71. The van der Waals surface area contributed by atoms with Crippen molar-refractivity contribution in [1.29, 1.82) is 0 Å². The monoisotopic (exact) mass is 484 g/mol. The van der Waals surface area contributed by atoms with Gasteiger partial charge in [0, 0.05) is 12.3 Å². The summed E-state index contributed by atoms with van der Waals surface area (Å²) in [5.41, 5.74) is 2.29. The average molecular weight is 485 g/mol. The predicted molar refractivity (Wildman–Crippen MR) is 142 cm³/mol. The van der Waals surface area contributed by atoms with Gasteiger partial charge in [0.2, 0.25) is 0 Å². The second kappa shape index (κ2) is 7.84. The Morgan fingerprint density at radius 1 is 1.00 bits per heavy atom. The standard InChI is InChI=1S/C32H52O3/c1-19-12-14-29(6)16-17-31(8)22(26(29)20(19)2)10-11-24-30(7)15-13-25(35-21(3)33)28(4,5)27(30)23(34)18-32(24,31)9/h12,20,22-27,34H,10-11,13-18H2,1-9H3/t20-,22-,23-,24-,25+,26-,27?,29-,30-,31-,32-/m1/s1. The van der Waals surface area contributed by atoms with E-state index in [2.05, 4.69) is 61.5 Å². The van der Waals surface area contributed by atoms with E-state index in [0.717, 1.165) is 31.1 Å². The number of esters is 1. The molecule has 3 nitrogen and oxygen atoms in total. The molecule has 4 saturated carbocycles. The van der Waals surface area contributed by atoms with Gasteiger partial charge < -0.3 is 9.84 Å². The normalized spacial score (nSPS) is 54.9. The Morgan fingerprint density at radius 2 is 1.69 bits per heavy atom. The fraction of sp³-hybridized carbons (Fsp3) is 0.906. The molecule has 0 radical (unpaired) electrons. The average Bonchev–Trinajstić information content (AvgIpc) is 2.74. The molecule has 0 aromatic carbocycles. The molecule has 198 valence electrons. The van der Waals surface area contributed by atoms with E-state index < -0.39 is 0 Å². The van der Waals surface area contributed by atoms with Crippen molar-refractivity contribution in [3.8, 4) is 0 Å². The molecule has 1 unspecified atom stereocenters. The molecule has 0 aromatic rings. The summed E-state index contributed by atoms with van der Waals surface area (Å²) in [4.78, 5) is 11.9. The zero-order valence-electron chi connectivity index (χ0n) is 24.0. The molecule has 35 heavy (non-hydrogen) atoms. The molecule has 0 bridgehead atoms. The lowest BCUT2D eigenvalue weighted by Crippen LogP contribution is -2.70. The Morgan fingerprint density at radius 3 is 2.34 bits per heavy atom. The third kappa shape index (κ3) is 3.28. The van der Waals surface area contributed by atoms with Crippen molar-refractivity contribution >= 4 is 5.97 Å². The van der Waals surface area contributed by atoms with E-state index in [-0.39, 0.29) is 45.8 Å². The van der Waals surface area contributed by atoms with E-state index in [0.29, 0.717) is 17.3 Å². The van der Waals surface area contributed by atoms with Gasteiger partial charge in [-0.3, -0.25) is 4.79 Å². The molecule has 0 amide bonds. The number of fused-ring (bicyclic) bond motifs is 7. The van der Waals surface area contributed by atoms with Gasteiger partial charge in [0.1, 0.15) is 6.10 Å². The van der Waals surface area contributed by atoms with E-state index >= 15 is 0 Å². The highest BCUT2D eigenvalue weighted by Crippen LogP contribution is 2.76. The predicted octanol–water partition coefficient (Wildman–Crippen LogP) is 7.57. The Hall–Kier alpha value is -0.830. The van der Waals surface area contributed by atoms with Crippen molar-refractivity contribution in [2.75, 3.05) is 0 Å².